The predicted molar refractivity (Wildman–Crippen MR) is 74.8 cm³/mol. The lowest BCUT2D eigenvalue weighted by molar-refractivity contribution is 0.0695. The van der Waals surface area contributed by atoms with Gasteiger partial charge in [-0.15, -0.1) is 0 Å². The summed E-state index contributed by atoms with van der Waals surface area (Å²) in [5.74, 6) is 0. The Morgan fingerprint density at radius 3 is 2.67 bits per heavy atom. The van der Waals surface area contributed by atoms with Crippen molar-refractivity contribution in [2.75, 3.05) is 32.2 Å². The molecule has 0 saturated heterocycles. The Morgan fingerprint density at radius 1 is 1.39 bits per heavy atom. The van der Waals surface area contributed by atoms with Gasteiger partial charge in [0.1, 0.15) is 0 Å². The Morgan fingerprint density at radius 2 is 2.06 bits per heavy atom. The fourth-order valence-corrected chi connectivity index (χ4v) is 2.03. The molecule has 0 aliphatic rings. The standard InChI is InChI=1S/C14H24N2O2/c1-4-13(15)12-7-5-6-8-14(12)16(2)9-11(17)10-18-3/h5-8,11,13,17H,4,9-10,15H2,1-3H3. The van der Waals surface area contributed by atoms with Crippen LogP contribution in [0.3, 0.4) is 0 Å². The van der Waals surface area contributed by atoms with Crippen molar-refractivity contribution < 1.29 is 9.84 Å². The van der Waals surface area contributed by atoms with E-state index in [0.717, 1.165) is 17.7 Å². The fraction of sp³-hybridized carbons (Fsp3) is 0.571. The van der Waals surface area contributed by atoms with Gasteiger partial charge in [-0.2, -0.15) is 0 Å². The number of para-hydroxylation sites is 1. The highest BCUT2D eigenvalue weighted by atomic mass is 16.5. The lowest BCUT2D eigenvalue weighted by Gasteiger charge is -2.26. The van der Waals surface area contributed by atoms with Crippen molar-refractivity contribution in [1.29, 1.82) is 0 Å². The molecule has 1 rings (SSSR count). The number of aliphatic hydroxyl groups excluding tert-OH is 1. The van der Waals surface area contributed by atoms with Crippen molar-refractivity contribution in [3.63, 3.8) is 0 Å². The van der Waals surface area contributed by atoms with E-state index in [1.807, 2.05) is 36.2 Å². The van der Waals surface area contributed by atoms with Gasteiger partial charge in [-0.1, -0.05) is 25.1 Å². The van der Waals surface area contributed by atoms with Crippen molar-refractivity contribution in [3.05, 3.63) is 29.8 Å². The third-order valence-electron chi connectivity index (χ3n) is 3.03. The number of likely N-dealkylation sites (N-methyl/N-ethyl adjacent to an activating group) is 1. The number of hydrogen-bond acceptors (Lipinski definition) is 4. The zero-order valence-electron chi connectivity index (χ0n) is 11.5. The van der Waals surface area contributed by atoms with E-state index in [1.165, 1.54) is 0 Å². The third-order valence-corrected chi connectivity index (χ3v) is 3.03. The van der Waals surface area contributed by atoms with Crippen LogP contribution in [-0.2, 0) is 4.74 Å². The van der Waals surface area contributed by atoms with Gasteiger partial charge in [-0.05, 0) is 18.1 Å². The molecule has 4 heteroatoms. The normalized spacial score (nSPS) is 14.3. The Kier molecular flexibility index (Phi) is 6.12. The molecule has 18 heavy (non-hydrogen) atoms. The van der Waals surface area contributed by atoms with Gasteiger partial charge < -0.3 is 20.5 Å². The van der Waals surface area contributed by atoms with E-state index in [4.69, 9.17) is 10.5 Å². The summed E-state index contributed by atoms with van der Waals surface area (Å²) in [6.07, 6.45) is 0.400. The Balaban J connectivity index is 2.81. The summed E-state index contributed by atoms with van der Waals surface area (Å²) in [6, 6.07) is 8.09. The van der Waals surface area contributed by atoms with Crippen LogP contribution in [0.4, 0.5) is 5.69 Å². The SMILES string of the molecule is CCC(N)c1ccccc1N(C)CC(O)COC. The van der Waals surface area contributed by atoms with Crippen molar-refractivity contribution >= 4 is 5.69 Å². The number of methoxy groups -OCH3 is 1. The molecule has 2 atom stereocenters. The van der Waals surface area contributed by atoms with Gasteiger partial charge in [0.05, 0.1) is 12.7 Å². The highest BCUT2D eigenvalue weighted by molar-refractivity contribution is 5.54. The van der Waals surface area contributed by atoms with Crippen LogP contribution in [0, 0.1) is 0 Å². The third kappa shape index (κ3) is 3.98. The molecule has 0 spiro atoms. The summed E-state index contributed by atoms with van der Waals surface area (Å²) in [5.41, 5.74) is 8.30. The average Bonchev–Trinajstić information content (AvgIpc) is 2.38. The van der Waals surface area contributed by atoms with Crippen LogP contribution >= 0.6 is 0 Å². The molecule has 2 unspecified atom stereocenters. The Labute approximate surface area is 109 Å². The van der Waals surface area contributed by atoms with Crippen LogP contribution in [0.1, 0.15) is 24.9 Å². The maximum Gasteiger partial charge on any atom is 0.0947 e. The minimum atomic E-state index is -0.495. The van der Waals surface area contributed by atoms with Gasteiger partial charge >= 0.3 is 0 Å². The largest absolute Gasteiger partial charge is 0.389 e. The summed E-state index contributed by atoms with van der Waals surface area (Å²) in [7, 11) is 3.55. The second-order valence-electron chi connectivity index (χ2n) is 4.56. The second kappa shape index (κ2) is 7.36. The monoisotopic (exact) mass is 252 g/mol. The summed E-state index contributed by atoms with van der Waals surface area (Å²) in [6.45, 7) is 2.94. The number of anilines is 1. The lowest BCUT2D eigenvalue weighted by Crippen LogP contribution is -2.32. The van der Waals surface area contributed by atoms with Crippen molar-refractivity contribution in [1.82, 2.24) is 0 Å². The van der Waals surface area contributed by atoms with Gasteiger partial charge in [0.25, 0.3) is 0 Å². The molecule has 0 fully saturated rings. The summed E-state index contributed by atoms with van der Waals surface area (Å²) < 4.78 is 4.94. The van der Waals surface area contributed by atoms with E-state index in [9.17, 15) is 5.11 Å². The lowest BCUT2D eigenvalue weighted by atomic mass is 10.0. The average molecular weight is 252 g/mol. The van der Waals surface area contributed by atoms with E-state index < -0.39 is 6.10 Å². The van der Waals surface area contributed by atoms with Crippen LogP contribution in [0.15, 0.2) is 24.3 Å². The minimum Gasteiger partial charge on any atom is -0.389 e. The van der Waals surface area contributed by atoms with Crippen molar-refractivity contribution in [3.8, 4) is 0 Å². The van der Waals surface area contributed by atoms with Gasteiger partial charge in [-0.25, -0.2) is 0 Å². The molecule has 0 radical (unpaired) electrons. The first-order valence-electron chi connectivity index (χ1n) is 6.32. The maximum atomic E-state index is 9.77. The Hall–Kier alpha value is -1.10. The van der Waals surface area contributed by atoms with E-state index in [1.54, 1.807) is 7.11 Å². The summed E-state index contributed by atoms with van der Waals surface area (Å²) in [5, 5.41) is 9.77. The minimum absolute atomic E-state index is 0.0308. The molecule has 1 aromatic carbocycles. The van der Waals surface area contributed by atoms with Crippen LogP contribution in [0.25, 0.3) is 0 Å². The molecule has 0 aromatic heterocycles. The molecule has 0 aliphatic heterocycles. The van der Waals surface area contributed by atoms with Gasteiger partial charge in [0.2, 0.25) is 0 Å². The first kappa shape index (κ1) is 15.0. The fourth-order valence-electron chi connectivity index (χ4n) is 2.03. The molecule has 4 nitrogen and oxygen atoms in total. The van der Waals surface area contributed by atoms with Crippen molar-refractivity contribution in [2.24, 2.45) is 5.73 Å². The van der Waals surface area contributed by atoms with Crippen molar-refractivity contribution in [2.45, 2.75) is 25.5 Å². The summed E-state index contributed by atoms with van der Waals surface area (Å²) in [4.78, 5) is 2.02. The molecule has 0 aliphatic carbocycles. The number of aliphatic hydroxyl groups is 1. The van der Waals surface area contributed by atoms with E-state index in [0.29, 0.717) is 13.2 Å². The number of ether oxygens (including phenoxy) is 1. The quantitative estimate of drug-likeness (QED) is 0.773. The van der Waals surface area contributed by atoms with Crippen LogP contribution in [-0.4, -0.2) is 38.5 Å². The number of benzene rings is 1. The van der Waals surface area contributed by atoms with Gasteiger partial charge in [-0.3, -0.25) is 0 Å². The second-order valence-corrected chi connectivity index (χ2v) is 4.56. The first-order valence-corrected chi connectivity index (χ1v) is 6.32. The smallest absolute Gasteiger partial charge is 0.0947 e. The molecule has 1 aromatic rings. The zero-order valence-corrected chi connectivity index (χ0v) is 11.5. The van der Waals surface area contributed by atoms with E-state index in [2.05, 4.69) is 6.92 Å². The number of nitrogens with two attached hydrogens (primary N) is 1. The topological polar surface area (TPSA) is 58.7 Å². The van der Waals surface area contributed by atoms with Crippen LogP contribution < -0.4 is 10.6 Å². The molecule has 0 heterocycles. The molecular weight excluding hydrogens is 228 g/mol. The maximum absolute atomic E-state index is 9.77. The van der Waals surface area contributed by atoms with Crippen LogP contribution in [0.5, 0.6) is 0 Å². The molecular formula is C14H24N2O2. The molecule has 0 amide bonds. The van der Waals surface area contributed by atoms with Gasteiger partial charge in [0, 0.05) is 32.4 Å². The number of rotatable bonds is 7. The van der Waals surface area contributed by atoms with E-state index in [-0.39, 0.29) is 6.04 Å². The van der Waals surface area contributed by atoms with E-state index >= 15 is 0 Å². The van der Waals surface area contributed by atoms with Gasteiger partial charge in [0.15, 0.2) is 0 Å². The first-order chi connectivity index (χ1) is 8.60. The molecule has 3 N–H and O–H groups in total. The highest BCUT2D eigenvalue weighted by Gasteiger charge is 2.14. The molecule has 102 valence electrons. The zero-order chi connectivity index (χ0) is 13.5. The highest BCUT2D eigenvalue weighted by Crippen LogP contribution is 2.25. The number of hydrogen-bond donors (Lipinski definition) is 2. The van der Waals surface area contributed by atoms with Crippen LogP contribution in [0.2, 0.25) is 0 Å². The predicted octanol–water partition coefficient (Wildman–Crippen LogP) is 1.54. The molecule has 0 bridgehead atoms. The molecule has 0 saturated carbocycles. The number of nitrogens with zero attached hydrogens (tertiary/aromatic N) is 1. The summed E-state index contributed by atoms with van der Waals surface area (Å²) >= 11 is 0. The Bertz CT molecular complexity index is 357.